The number of H-pyrrole nitrogens is 1. The molecule has 1 rings (SSSR count). The third-order valence-electron chi connectivity index (χ3n) is 2.28. The van der Waals surface area contributed by atoms with Crippen molar-refractivity contribution in [2.24, 2.45) is 0 Å². The van der Waals surface area contributed by atoms with Gasteiger partial charge in [0.25, 0.3) is 0 Å². The van der Waals surface area contributed by atoms with Gasteiger partial charge in [-0.25, -0.2) is 8.42 Å². The zero-order chi connectivity index (χ0) is 12.9. The second-order valence-corrected chi connectivity index (χ2v) is 6.14. The molecule has 0 bridgehead atoms. The SMILES string of the molecule is COCCN(CCBr)S(=O)(=O)c1cn[nH]c1C. The van der Waals surface area contributed by atoms with Crippen LogP contribution < -0.4 is 0 Å². The molecule has 0 radical (unpaired) electrons. The standard InChI is InChI=1S/C9H16BrN3O3S/c1-8-9(7-11-12-8)17(14,15)13(4-3-10)5-6-16-2/h7H,3-6H2,1-2H3,(H,11,12). The predicted octanol–water partition coefficient (Wildman–Crippen LogP) is 0.750. The van der Waals surface area contributed by atoms with E-state index < -0.39 is 10.0 Å². The number of halogens is 1. The number of aryl methyl sites for hydroxylation is 1. The second kappa shape index (κ2) is 6.48. The fourth-order valence-electron chi connectivity index (χ4n) is 1.38. The highest BCUT2D eigenvalue weighted by atomic mass is 79.9. The molecule has 1 N–H and O–H groups in total. The van der Waals surface area contributed by atoms with Crippen molar-refractivity contribution >= 4 is 26.0 Å². The van der Waals surface area contributed by atoms with Gasteiger partial charge >= 0.3 is 0 Å². The number of sulfonamides is 1. The monoisotopic (exact) mass is 325 g/mol. The number of nitrogens with one attached hydrogen (secondary N) is 1. The topological polar surface area (TPSA) is 75.3 Å². The van der Waals surface area contributed by atoms with Crippen LogP contribution in [0.5, 0.6) is 0 Å². The zero-order valence-electron chi connectivity index (χ0n) is 9.81. The molecule has 17 heavy (non-hydrogen) atoms. The van der Waals surface area contributed by atoms with Gasteiger partial charge in [0.15, 0.2) is 0 Å². The van der Waals surface area contributed by atoms with Crippen molar-refractivity contribution in [3.05, 3.63) is 11.9 Å². The number of ether oxygens (including phenoxy) is 1. The summed E-state index contributed by atoms with van der Waals surface area (Å²) in [5, 5.41) is 6.94. The summed E-state index contributed by atoms with van der Waals surface area (Å²) in [6.07, 6.45) is 1.33. The Balaban J connectivity index is 2.96. The summed E-state index contributed by atoms with van der Waals surface area (Å²) < 4.78 is 30.9. The average Bonchev–Trinajstić information content (AvgIpc) is 2.71. The molecule has 0 atom stereocenters. The summed E-state index contributed by atoms with van der Waals surface area (Å²) in [4.78, 5) is 0.217. The molecule has 0 fully saturated rings. The van der Waals surface area contributed by atoms with E-state index in [1.807, 2.05) is 0 Å². The van der Waals surface area contributed by atoms with Gasteiger partial charge < -0.3 is 4.74 Å². The van der Waals surface area contributed by atoms with E-state index in [9.17, 15) is 8.42 Å². The van der Waals surface area contributed by atoms with Crippen molar-refractivity contribution in [1.82, 2.24) is 14.5 Å². The lowest BCUT2D eigenvalue weighted by atomic mass is 10.5. The Morgan fingerprint density at radius 2 is 2.24 bits per heavy atom. The maximum absolute atomic E-state index is 12.3. The Hall–Kier alpha value is -0.440. The van der Waals surface area contributed by atoms with Gasteiger partial charge in [-0.2, -0.15) is 9.40 Å². The number of aromatic nitrogens is 2. The molecular weight excluding hydrogens is 310 g/mol. The molecule has 0 saturated heterocycles. The molecule has 8 heteroatoms. The van der Waals surface area contributed by atoms with E-state index in [1.165, 1.54) is 10.5 Å². The number of hydrogen-bond acceptors (Lipinski definition) is 4. The highest BCUT2D eigenvalue weighted by Gasteiger charge is 2.26. The van der Waals surface area contributed by atoms with Crippen LogP contribution in [-0.2, 0) is 14.8 Å². The van der Waals surface area contributed by atoms with Gasteiger partial charge in [-0.3, -0.25) is 5.10 Å². The minimum atomic E-state index is -3.49. The van der Waals surface area contributed by atoms with Crippen LogP contribution in [0.25, 0.3) is 0 Å². The minimum Gasteiger partial charge on any atom is -0.383 e. The van der Waals surface area contributed by atoms with Crippen LogP contribution in [0.15, 0.2) is 11.1 Å². The lowest BCUT2D eigenvalue weighted by Crippen LogP contribution is -2.35. The van der Waals surface area contributed by atoms with E-state index in [2.05, 4.69) is 26.1 Å². The number of aromatic amines is 1. The number of nitrogens with zero attached hydrogens (tertiary/aromatic N) is 2. The first-order valence-corrected chi connectivity index (χ1v) is 7.65. The molecule has 0 aliphatic rings. The van der Waals surface area contributed by atoms with Crippen molar-refractivity contribution in [3.63, 3.8) is 0 Å². The first kappa shape index (κ1) is 14.6. The van der Waals surface area contributed by atoms with Crippen LogP contribution >= 0.6 is 15.9 Å². The summed E-state index contributed by atoms with van der Waals surface area (Å²) in [7, 11) is -1.95. The van der Waals surface area contributed by atoms with Gasteiger partial charge in [0.1, 0.15) is 4.90 Å². The Bertz CT molecular complexity index is 446. The van der Waals surface area contributed by atoms with Gasteiger partial charge in [0.05, 0.1) is 18.5 Å². The van der Waals surface area contributed by atoms with E-state index in [-0.39, 0.29) is 4.90 Å². The van der Waals surface area contributed by atoms with Gasteiger partial charge in [0, 0.05) is 25.5 Å². The van der Waals surface area contributed by atoms with Gasteiger partial charge in [0.2, 0.25) is 10.0 Å². The first-order valence-electron chi connectivity index (χ1n) is 5.09. The summed E-state index contributed by atoms with van der Waals surface area (Å²) in [6, 6.07) is 0. The molecule has 1 aromatic heterocycles. The number of rotatable bonds is 7. The number of hydrogen-bond donors (Lipinski definition) is 1. The normalized spacial score (nSPS) is 12.2. The van der Waals surface area contributed by atoms with Crippen molar-refractivity contribution in [2.45, 2.75) is 11.8 Å². The highest BCUT2D eigenvalue weighted by molar-refractivity contribution is 9.09. The van der Waals surface area contributed by atoms with Crippen LogP contribution in [0.1, 0.15) is 5.69 Å². The molecule has 0 aliphatic heterocycles. The smallest absolute Gasteiger partial charge is 0.246 e. The van der Waals surface area contributed by atoms with Gasteiger partial charge in [-0.1, -0.05) is 15.9 Å². The quantitative estimate of drug-likeness (QED) is 0.751. The third-order valence-corrected chi connectivity index (χ3v) is 4.65. The molecule has 0 saturated carbocycles. The van der Waals surface area contributed by atoms with Crippen LogP contribution in [0, 0.1) is 6.92 Å². The van der Waals surface area contributed by atoms with Gasteiger partial charge in [-0.15, -0.1) is 0 Å². The zero-order valence-corrected chi connectivity index (χ0v) is 12.2. The molecule has 0 amide bonds. The highest BCUT2D eigenvalue weighted by Crippen LogP contribution is 2.17. The lowest BCUT2D eigenvalue weighted by molar-refractivity contribution is 0.180. The fourth-order valence-corrected chi connectivity index (χ4v) is 3.58. The Morgan fingerprint density at radius 3 is 2.71 bits per heavy atom. The predicted molar refractivity (Wildman–Crippen MR) is 67.8 cm³/mol. The maximum atomic E-state index is 12.3. The van der Waals surface area contributed by atoms with E-state index >= 15 is 0 Å². The maximum Gasteiger partial charge on any atom is 0.246 e. The Kier molecular flexibility index (Phi) is 5.57. The molecular formula is C9H16BrN3O3S. The van der Waals surface area contributed by atoms with Crippen LogP contribution in [0.2, 0.25) is 0 Å². The van der Waals surface area contributed by atoms with E-state index in [0.29, 0.717) is 30.7 Å². The Morgan fingerprint density at radius 1 is 1.53 bits per heavy atom. The molecule has 6 nitrogen and oxygen atoms in total. The number of methoxy groups -OCH3 is 1. The third kappa shape index (κ3) is 3.51. The fraction of sp³-hybridized carbons (Fsp3) is 0.667. The van der Waals surface area contributed by atoms with Crippen molar-refractivity contribution in [3.8, 4) is 0 Å². The van der Waals surface area contributed by atoms with Crippen molar-refractivity contribution < 1.29 is 13.2 Å². The molecule has 0 aliphatic carbocycles. The molecule has 0 unspecified atom stereocenters. The molecule has 1 aromatic rings. The molecule has 98 valence electrons. The van der Waals surface area contributed by atoms with Crippen molar-refractivity contribution in [1.29, 1.82) is 0 Å². The van der Waals surface area contributed by atoms with Gasteiger partial charge in [-0.05, 0) is 6.92 Å². The average molecular weight is 326 g/mol. The van der Waals surface area contributed by atoms with E-state index in [4.69, 9.17) is 4.74 Å². The van der Waals surface area contributed by atoms with Crippen LogP contribution in [0.3, 0.4) is 0 Å². The van der Waals surface area contributed by atoms with Crippen LogP contribution in [0.4, 0.5) is 0 Å². The minimum absolute atomic E-state index is 0.217. The summed E-state index contributed by atoms with van der Waals surface area (Å²) in [5.41, 5.74) is 0.544. The summed E-state index contributed by atoms with van der Waals surface area (Å²) in [6.45, 7) is 2.77. The van der Waals surface area contributed by atoms with Crippen LogP contribution in [-0.4, -0.2) is 55.1 Å². The molecule has 1 heterocycles. The molecule has 0 aromatic carbocycles. The van der Waals surface area contributed by atoms with E-state index in [1.54, 1.807) is 14.0 Å². The van der Waals surface area contributed by atoms with E-state index in [0.717, 1.165) is 0 Å². The summed E-state index contributed by atoms with van der Waals surface area (Å²) in [5.74, 6) is 0. The largest absolute Gasteiger partial charge is 0.383 e. The Labute approximate surface area is 110 Å². The van der Waals surface area contributed by atoms with Crippen molar-refractivity contribution in [2.75, 3.05) is 32.1 Å². The lowest BCUT2D eigenvalue weighted by Gasteiger charge is -2.20. The first-order chi connectivity index (χ1) is 8.04. The molecule has 0 spiro atoms. The summed E-state index contributed by atoms with van der Waals surface area (Å²) >= 11 is 3.25. The number of alkyl halides is 1. The second-order valence-electron chi connectivity index (χ2n) is 3.45.